The lowest BCUT2D eigenvalue weighted by molar-refractivity contribution is 0.415. The van der Waals surface area contributed by atoms with Crippen molar-refractivity contribution in [3.05, 3.63) is 294 Å². The minimum absolute atomic E-state index is 0.672. The molecule has 0 amide bonds. The quantitative estimate of drug-likeness (QED) is 0.149. The number of rotatable bonds is 8. The van der Waals surface area contributed by atoms with E-state index in [4.69, 9.17) is 0 Å². The lowest BCUT2D eigenvalue weighted by Crippen LogP contribution is -2.54. The maximum atomic E-state index is 2.45. The van der Waals surface area contributed by atoms with Crippen molar-refractivity contribution in [1.29, 1.82) is 0 Å². The Labute approximate surface area is 358 Å². The first-order chi connectivity index (χ1) is 30.3. The second-order valence-corrected chi connectivity index (χ2v) is 16.0. The zero-order valence-corrected chi connectivity index (χ0v) is 33.8. The van der Waals surface area contributed by atoms with Crippen LogP contribution < -0.4 is 4.90 Å². The summed E-state index contributed by atoms with van der Waals surface area (Å²) in [5, 5.41) is 2.43. The van der Waals surface area contributed by atoms with Crippen LogP contribution in [0.25, 0.3) is 33.0 Å². The number of hydrogen-bond acceptors (Lipinski definition) is 1. The summed E-state index contributed by atoms with van der Waals surface area (Å²) >= 11 is 0. The summed E-state index contributed by atoms with van der Waals surface area (Å²) in [6.07, 6.45) is 0. The Hall–Kier alpha value is -7.74. The van der Waals surface area contributed by atoms with Gasteiger partial charge >= 0.3 is 0 Å². The van der Waals surface area contributed by atoms with E-state index in [-0.39, 0.29) is 0 Å². The smallest absolute Gasteiger partial charge is 0.0635 e. The van der Waals surface area contributed by atoms with Crippen LogP contribution >= 0.6 is 0 Å². The number of hydrogen-bond donors (Lipinski definition) is 0. The van der Waals surface area contributed by atoms with Crippen LogP contribution in [-0.4, -0.2) is 0 Å². The summed E-state index contributed by atoms with van der Waals surface area (Å²) in [4.78, 5) is 2.42. The third-order valence-electron chi connectivity index (χ3n) is 12.9. The lowest BCUT2D eigenvalue weighted by atomic mass is 9.43. The SMILES string of the molecule is c1ccc(-c2ccc(N(c3ccc4c(c3)-c3ccccc3C(c3ccccc3)(c3ccccc3)C4(c3ccccc3)c3ccccc3)c3ccc4ccccc4c3)cc2)cc1. The Morgan fingerprint density at radius 1 is 0.246 bits per heavy atom. The zero-order valence-electron chi connectivity index (χ0n) is 33.8. The van der Waals surface area contributed by atoms with E-state index < -0.39 is 10.8 Å². The third-order valence-corrected chi connectivity index (χ3v) is 12.9. The molecule has 288 valence electrons. The molecular formula is C60H43N. The van der Waals surface area contributed by atoms with Crippen molar-refractivity contribution in [1.82, 2.24) is 0 Å². The fourth-order valence-corrected chi connectivity index (χ4v) is 10.4. The van der Waals surface area contributed by atoms with Crippen molar-refractivity contribution in [3.63, 3.8) is 0 Å². The van der Waals surface area contributed by atoms with Gasteiger partial charge in [-0.1, -0.05) is 224 Å². The largest absolute Gasteiger partial charge is 0.310 e. The van der Waals surface area contributed by atoms with Gasteiger partial charge in [-0.2, -0.15) is 0 Å². The third kappa shape index (κ3) is 5.77. The van der Waals surface area contributed by atoms with E-state index in [0.29, 0.717) is 0 Å². The van der Waals surface area contributed by atoms with Crippen LogP contribution in [0.1, 0.15) is 33.4 Å². The monoisotopic (exact) mass is 777 g/mol. The molecule has 0 fully saturated rings. The Bertz CT molecular complexity index is 3020. The normalized spacial score (nSPS) is 13.5. The summed E-state index contributed by atoms with van der Waals surface area (Å²) in [5.74, 6) is 0. The van der Waals surface area contributed by atoms with Gasteiger partial charge in [-0.3, -0.25) is 0 Å². The highest BCUT2D eigenvalue weighted by molar-refractivity contribution is 5.92. The Morgan fingerprint density at radius 2 is 0.639 bits per heavy atom. The topological polar surface area (TPSA) is 3.24 Å². The number of anilines is 3. The van der Waals surface area contributed by atoms with E-state index >= 15 is 0 Å². The van der Waals surface area contributed by atoms with Crippen molar-refractivity contribution in [2.24, 2.45) is 0 Å². The molecule has 1 aliphatic carbocycles. The predicted molar refractivity (Wildman–Crippen MR) is 255 cm³/mol. The highest BCUT2D eigenvalue weighted by atomic mass is 15.1. The average Bonchev–Trinajstić information content (AvgIpc) is 3.35. The average molecular weight is 778 g/mol. The van der Waals surface area contributed by atoms with Gasteiger partial charge in [0.1, 0.15) is 0 Å². The summed E-state index contributed by atoms with van der Waals surface area (Å²) in [6, 6.07) is 96.4. The first-order valence-electron chi connectivity index (χ1n) is 21.2. The molecule has 0 N–H and O–H groups in total. The van der Waals surface area contributed by atoms with E-state index in [9.17, 15) is 0 Å². The van der Waals surface area contributed by atoms with E-state index in [0.717, 1.165) is 17.1 Å². The Morgan fingerprint density at radius 3 is 1.20 bits per heavy atom. The van der Waals surface area contributed by atoms with Gasteiger partial charge in [-0.05, 0) is 103 Å². The van der Waals surface area contributed by atoms with E-state index in [1.165, 1.54) is 66.4 Å². The maximum absolute atomic E-state index is 2.45. The fourth-order valence-electron chi connectivity index (χ4n) is 10.4. The van der Waals surface area contributed by atoms with Crippen LogP contribution in [-0.2, 0) is 10.8 Å². The molecule has 0 saturated carbocycles. The van der Waals surface area contributed by atoms with Gasteiger partial charge < -0.3 is 4.90 Å². The minimum Gasteiger partial charge on any atom is -0.310 e. The summed E-state index contributed by atoms with van der Waals surface area (Å²) < 4.78 is 0. The molecule has 0 atom stereocenters. The number of fused-ring (bicyclic) bond motifs is 4. The maximum Gasteiger partial charge on any atom is 0.0635 e. The fraction of sp³-hybridized carbons (Fsp3) is 0.0333. The standard InChI is InChI=1S/C60H43N/c1-6-20-44(21-7-1)46-34-37-52(38-35-46)61(53-39-36-45-22-16-17-23-47(45)42-53)54-40-41-58-56(43-54)55-32-18-19-33-57(55)59(48-24-8-2-9-25-48,49-26-10-3-11-27-49)60(58,50-28-12-4-13-29-50)51-30-14-5-15-31-51/h1-43H. The van der Waals surface area contributed by atoms with Gasteiger partial charge in [0.2, 0.25) is 0 Å². The van der Waals surface area contributed by atoms with Crippen LogP contribution in [0.5, 0.6) is 0 Å². The first kappa shape index (κ1) is 36.3. The minimum atomic E-state index is -0.703. The molecular weight excluding hydrogens is 735 g/mol. The molecule has 11 rings (SSSR count). The highest BCUT2D eigenvalue weighted by Gasteiger charge is 2.61. The molecule has 1 nitrogen and oxygen atoms in total. The van der Waals surface area contributed by atoms with Crippen molar-refractivity contribution in [2.75, 3.05) is 4.90 Å². The summed E-state index contributed by atoms with van der Waals surface area (Å²) in [7, 11) is 0. The van der Waals surface area contributed by atoms with Gasteiger partial charge in [-0.25, -0.2) is 0 Å². The predicted octanol–water partition coefficient (Wildman–Crippen LogP) is 15.3. The lowest BCUT2D eigenvalue weighted by Gasteiger charge is -2.57. The summed E-state index contributed by atoms with van der Waals surface area (Å²) in [5.41, 5.74) is 14.3. The van der Waals surface area contributed by atoms with E-state index in [2.05, 4.69) is 266 Å². The first-order valence-corrected chi connectivity index (χ1v) is 21.2. The molecule has 0 heterocycles. The molecule has 0 aliphatic heterocycles. The molecule has 61 heavy (non-hydrogen) atoms. The van der Waals surface area contributed by atoms with Gasteiger partial charge in [-0.15, -0.1) is 0 Å². The van der Waals surface area contributed by atoms with Crippen LogP contribution in [0.15, 0.2) is 261 Å². The molecule has 0 saturated heterocycles. The molecule has 0 spiro atoms. The van der Waals surface area contributed by atoms with Gasteiger partial charge in [0.25, 0.3) is 0 Å². The number of nitrogens with zero attached hydrogens (tertiary/aromatic N) is 1. The van der Waals surface area contributed by atoms with Gasteiger partial charge in [0, 0.05) is 17.1 Å². The van der Waals surface area contributed by atoms with E-state index in [1.807, 2.05) is 0 Å². The Balaban J connectivity index is 1.24. The van der Waals surface area contributed by atoms with Crippen molar-refractivity contribution in [3.8, 4) is 22.3 Å². The van der Waals surface area contributed by atoms with Crippen molar-refractivity contribution in [2.45, 2.75) is 10.8 Å². The van der Waals surface area contributed by atoms with E-state index in [1.54, 1.807) is 0 Å². The van der Waals surface area contributed by atoms with Gasteiger partial charge in [0.15, 0.2) is 0 Å². The molecule has 0 bridgehead atoms. The number of benzene rings is 10. The molecule has 0 unspecified atom stereocenters. The molecule has 0 aromatic heterocycles. The molecule has 10 aromatic carbocycles. The summed E-state index contributed by atoms with van der Waals surface area (Å²) in [6.45, 7) is 0. The van der Waals surface area contributed by atoms with Crippen LogP contribution in [0.4, 0.5) is 17.1 Å². The highest BCUT2D eigenvalue weighted by Crippen LogP contribution is 2.65. The van der Waals surface area contributed by atoms with Gasteiger partial charge in [0.05, 0.1) is 10.8 Å². The molecule has 1 heteroatoms. The van der Waals surface area contributed by atoms with Crippen molar-refractivity contribution >= 4 is 27.8 Å². The van der Waals surface area contributed by atoms with Crippen LogP contribution in [0, 0.1) is 0 Å². The second kappa shape index (κ2) is 15.1. The van der Waals surface area contributed by atoms with Crippen molar-refractivity contribution < 1.29 is 0 Å². The molecule has 10 aromatic rings. The Kier molecular flexibility index (Phi) is 9.02. The second-order valence-electron chi connectivity index (χ2n) is 16.0. The molecule has 0 radical (unpaired) electrons. The molecule has 1 aliphatic rings. The zero-order chi connectivity index (χ0) is 40.6. The van der Waals surface area contributed by atoms with Crippen LogP contribution in [0.2, 0.25) is 0 Å². The van der Waals surface area contributed by atoms with Crippen LogP contribution in [0.3, 0.4) is 0 Å².